The van der Waals surface area contributed by atoms with Gasteiger partial charge in [0.2, 0.25) is 0 Å². The number of amides is 1. The average molecular weight is 423 g/mol. The summed E-state index contributed by atoms with van der Waals surface area (Å²) in [6, 6.07) is 23.4. The van der Waals surface area contributed by atoms with Gasteiger partial charge in [0.05, 0.1) is 11.1 Å². The standard InChI is InChI=1S/C25H18N4OS/c30-24(29-23-14-17-6-1-2-7-18(17)15-28-23)21-9-5-12-27-25(21)31-16-19-11-13-26-22-10-4-3-8-20(19)22/h1-15H,16H2,(H,28,29,30). The summed E-state index contributed by atoms with van der Waals surface area (Å²) in [6.07, 6.45) is 5.28. The summed E-state index contributed by atoms with van der Waals surface area (Å²) in [5.74, 6) is 0.982. The largest absolute Gasteiger partial charge is 0.306 e. The van der Waals surface area contributed by atoms with E-state index in [0.717, 1.165) is 27.2 Å². The highest BCUT2D eigenvalue weighted by Gasteiger charge is 2.14. The second-order valence-corrected chi connectivity index (χ2v) is 7.97. The van der Waals surface area contributed by atoms with Crippen LogP contribution in [0.3, 0.4) is 0 Å². The molecule has 5 aromatic rings. The summed E-state index contributed by atoms with van der Waals surface area (Å²) in [6.45, 7) is 0. The molecule has 0 saturated carbocycles. The molecule has 0 unspecified atom stereocenters. The van der Waals surface area contributed by atoms with E-state index in [9.17, 15) is 4.79 Å². The molecule has 0 aliphatic heterocycles. The Labute approximate surface area is 183 Å². The number of aromatic nitrogens is 3. The Balaban J connectivity index is 1.37. The molecule has 3 heterocycles. The maximum atomic E-state index is 13.0. The Morgan fingerprint density at radius 3 is 2.61 bits per heavy atom. The van der Waals surface area contributed by atoms with Crippen LogP contribution in [0.2, 0.25) is 0 Å². The third-order valence-electron chi connectivity index (χ3n) is 4.99. The number of carbonyl (C=O) groups is 1. The van der Waals surface area contributed by atoms with Crippen molar-refractivity contribution in [3.8, 4) is 0 Å². The van der Waals surface area contributed by atoms with Crippen molar-refractivity contribution in [3.63, 3.8) is 0 Å². The van der Waals surface area contributed by atoms with Crippen LogP contribution in [0.1, 0.15) is 15.9 Å². The fraction of sp³-hybridized carbons (Fsp3) is 0.0400. The summed E-state index contributed by atoms with van der Waals surface area (Å²) in [5, 5.41) is 6.75. The molecule has 0 aliphatic carbocycles. The Hall–Kier alpha value is -3.77. The molecule has 0 spiro atoms. The van der Waals surface area contributed by atoms with Crippen molar-refractivity contribution < 1.29 is 4.79 Å². The van der Waals surface area contributed by atoms with E-state index in [4.69, 9.17) is 0 Å². The zero-order valence-electron chi connectivity index (χ0n) is 16.5. The van der Waals surface area contributed by atoms with Crippen molar-refractivity contribution in [3.05, 3.63) is 103 Å². The number of carbonyl (C=O) groups excluding carboxylic acids is 1. The molecule has 5 rings (SSSR count). The molecule has 6 heteroatoms. The Morgan fingerprint density at radius 1 is 0.839 bits per heavy atom. The first-order chi connectivity index (χ1) is 15.3. The van der Waals surface area contributed by atoms with Gasteiger partial charge < -0.3 is 5.32 Å². The maximum Gasteiger partial charge on any atom is 0.259 e. The number of nitrogens with one attached hydrogen (secondary N) is 1. The van der Waals surface area contributed by atoms with Gasteiger partial charge in [0.25, 0.3) is 5.91 Å². The number of thioether (sulfide) groups is 1. The van der Waals surface area contributed by atoms with Gasteiger partial charge in [-0.25, -0.2) is 9.97 Å². The van der Waals surface area contributed by atoms with Gasteiger partial charge in [-0.3, -0.25) is 9.78 Å². The number of hydrogen-bond donors (Lipinski definition) is 1. The normalized spacial score (nSPS) is 11.0. The van der Waals surface area contributed by atoms with Crippen LogP contribution in [-0.2, 0) is 5.75 Å². The molecule has 1 N–H and O–H groups in total. The maximum absolute atomic E-state index is 13.0. The fourth-order valence-electron chi connectivity index (χ4n) is 3.44. The number of pyridine rings is 3. The number of rotatable bonds is 5. The minimum atomic E-state index is -0.224. The van der Waals surface area contributed by atoms with Crippen molar-refractivity contribution in [2.75, 3.05) is 5.32 Å². The van der Waals surface area contributed by atoms with Gasteiger partial charge in [0.15, 0.2) is 0 Å². The third-order valence-corrected chi connectivity index (χ3v) is 6.05. The van der Waals surface area contributed by atoms with Crippen LogP contribution < -0.4 is 5.32 Å². The molecule has 3 aromatic heterocycles. The van der Waals surface area contributed by atoms with Gasteiger partial charge in [0.1, 0.15) is 10.8 Å². The lowest BCUT2D eigenvalue weighted by Gasteiger charge is -2.10. The highest BCUT2D eigenvalue weighted by Crippen LogP contribution is 2.28. The molecular formula is C25H18N4OS. The molecule has 5 nitrogen and oxygen atoms in total. The minimum absolute atomic E-state index is 0.224. The quantitative estimate of drug-likeness (QED) is 0.367. The van der Waals surface area contributed by atoms with Gasteiger partial charge in [-0.15, -0.1) is 11.8 Å². The molecule has 0 saturated heterocycles. The van der Waals surface area contributed by atoms with Crippen molar-refractivity contribution >= 4 is 45.2 Å². The zero-order valence-corrected chi connectivity index (χ0v) is 17.3. The van der Waals surface area contributed by atoms with Crippen LogP contribution in [0.25, 0.3) is 21.7 Å². The molecule has 150 valence electrons. The van der Waals surface area contributed by atoms with Gasteiger partial charge in [0, 0.05) is 35.1 Å². The van der Waals surface area contributed by atoms with E-state index in [-0.39, 0.29) is 5.91 Å². The molecule has 0 aliphatic rings. The van der Waals surface area contributed by atoms with E-state index in [1.54, 1.807) is 24.5 Å². The summed E-state index contributed by atoms with van der Waals surface area (Å²) in [5.41, 5.74) is 2.64. The number of fused-ring (bicyclic) bond motifs is 2. The molecule has 0 atom stereocenters. The van der Waals surface area contributed by atoms with E-state index in [2.05, 4.69) is 26.3 Å². The average Bonchev–Trinajstić information content (AvgIpc) is 2.83. The number of para-hydroxylation sites is 1. The monoisotopic (exact) mass is 422 g/mol. The van der Waals surface area contributed by atoms with Crippen molar-refractivity contribution in [2.45, 2.75) is 10.8 Å². The first kappa shape index (κ1) is 19.2. The summed E-state index contributed by atoms with van der Waals surface area (Å²) in [7, 11) is 0. The molecule has 2 aromatic carbocycles. The first-order valence-electron chi connectivity index (χ1n) is 9.84. The lowest BCUT2D eigenvalue weighted by atomic mass is 10.1. The van der Waals surface area contributed by atoms with E-state index < -0.39 is 0 Å². The Kier molecular flexibility index (Phi) is 5.29. The second-order valence-electron chi connectivity index (χ2n) is 7.00. The Bertz CT molecular complexity index is 1400. The highest BCUT2D eigenvalue weighted by atomic mass is 32.2. The lowest BCUT2D eigenvalue weighted by molar-refractivity contribution is 0.102. The van der Waals surface area contributed by atoms with E-state index >= 15 is 0 Å². The number of hydrogen-bond acceptors (Lipinski definition) is 5. The van der Waals surface area contributed by atoms with E-state index in [1.807, 2.05) is 60.8 Å². The predicted molar refractivity (Wildman–Crippen MR) is 125 cm³/mol. The summed E-state index contributed by atoms with van der Waals surface area (Å²) < 4.78 is 0. The van der Waals surface area contributed by atoms with Gasteiger partial charge in [-0.05, 0) is 41.3 Å². The Morgan fingerprint density at radius 2 is 1.68 bits per heavy atom. The SMILES string of the molecule is O=C(Nc1cc2ccccc2cn1)c1cccnc1SCc1ccnc2ccccc12. The van der Waals surface area contributed by atoms with Crippen LogP contribution >= 0.6 is 11.8 Å². The second kappa shape index (κ2) is 8.53. The van der Waals surface area contributed by atoms with Gasteiger partial charge >= 0.3 is 0 Å². The number of benzene rings is 2. The molecule has 31 heavy (non-hydrogen) atoms. The highest BCUT2D eigenvalue weighted by molar-refractivity contribution is 7.98. The van der Waals surface area contributed by atoms with E-state index in [1.165, 1.54) is 11.8 Å². The lowest BCUT2D eigenvalue weighted by Crippen LogP contribution is -2.14. The van der Waals surface area contributed by atoms with Crippen molar-refractivity contribution in [2.24, 2.45) is 0 Å². The van der Waals surface area contributed by atoms with Crippen LogP contribution in [0.5, 0.6) is 0 Å². The zero-order chi connectivity index (χ0) is 21.0. The van der Waals surface area contributed by atoms with Crippen molar-refractivity contribution in [1.29, 1.82) is 0 Å². The summed E-state index contributed by atoms with van der Waals surface area (Å²) >= 11 is 1.54. The van der Waals surface area contributed by atoms with Crippen LogP contribution in [0, 0.1) is 0 Å². The summed E-state index contributed by atoms with van der Waals surface area (Å²) in [4.78, 5) is 26.2. The van der Waals surface area contributed by atoms with Crippen LogP contribution in [-0.4, -0.2) is 20.9 Å². The van der Waals surface area contributed by atoms with Crippen LogP contribution in [0.15, 0.2) is 96.4 Å². The van der Waals surface area contributed by atoms with Gasteiger partial charge in [-0.2, -0.15) is 0 Å². The molecule has 0 bridgehead atoms. The fourth-order valence-corrected chi connectivity index (χ4v) is 4.44. The van der Waals surface area contributed by atoms with Crippen molar-refractivity contribution in [1.82, 2.24) is 15.0 Å². The molecule has 0 fully saturated rings. The minimum Gasteiger partial charge on any atom is -0.306 e. The van der Waals surface area contributed by atoms with Crippen LogP contribution in [0.4, 0.5) is 5.82 Å². The third kappa shape index (κ3) is 4.11. The molecular weight excluding hydrogens is 404 g/mol. The predicted octanol–water partition coefficient (Wildman–Crippen LogP) is 5.72. The molecule has 1 amide bonds. The number of nitrogens with zero attached hydrogens (tertiary/aromatic N) is 3. The van der Waals surface area contributed by atoms with E-state index in [0.29, 0.717) is 22.2 Å². The first-order valence-corrected chi connectivity index (χ1v) is 10.8. The topological polar surface area (TPSA) is 67.8 Å². The van der Waals surface area contributed by atoms with Gasteiger partial charge in [-0.1, -0.05) is 42.5 Å². The number of anilines is 1. The molecule has 0 radical (unpaired) electrons. The smallest absolute Gasteiger partial charge is 0.259 e.